The number of benzene rings is 2. The van der Waals surface area contributed by atoms with Gasteiger partial charge in [0.05, 0.1) is 12.1 Å². The van der Waals surface area contributed by atoms with Crippen molar-refractivity contribution in [3.8, 4) is 0 Å². The van der Waals surface area contributed by atoms with Gasteiger partial charge in [-0.25, -0.2) is 21.9 Å². The molecule has 0 radical (unpaired) electrons. The van der Waals surface area contributed by atoms with Crippen molar-refractivity contribution in [2.75, 3.05) is 6.54 Å². The summed E-state index contributed by atoms with van der Waals surface area (Å²) in [4.78, 5) is 16.8. The minimum absolute atomic E-state index is 0.0759. The molecule has 0 fully saturated rings. The van der Waals surface area contributed by atoms with E-state index < -0.39 is 26.8 Å². The van der Waals surface area contributed by atoms with Crippen LogP contribution in [0, 0.1) is 11.6 Å². The number of hydrogen-bond acceptors (Lipinski definition) is 5. The van der Waals surface area contributed by atoms with Gasteiger partial charge in [0.25, 0.3) is 0 Å². The van der Waals surface area contributed by atoms with Gasteiger partial charge in [-0.15, -0.1) is 0 Å². The van der Waals surface area contributed by atoms with Crippen molar-refractivity contribution in [1.82, 2.24) is 10.0 Å². The number of nitrogens with one attached hydrogen (secondary N) is 2. The molecule has 0 aromatic heterocycles. The summed E-state index contributed by atoms with van der Waals surface area (Å²) in [6.45, 7) is 0.112. The Kier molecular flexibility index (Phi) is 7.39. The summed E-state index contributed by atoms with van der Waals surface area (Å²) >= 11 is 0. The van der Waals surface area contributed by atoms with Gasteiger partial charge >= 0.3 is 0 Å². The zero-order chi connectivity index (χ0) is 24.3. The van der Waals surface area contributed by atoms with Gasteiger partial charge in [-0.05, 0) is 61.1 Å². The molecule has 0 spiro atoms. The lowest BCUT2D eigenvalue weighted by Gasteiger charge is -2.26. The van der Waals surface area contributed by atoms with Crippen LogP contribution in [-0.4, -0.2) is 38.8 Å². The van der Waals surface area contributed by atoms with Crippen LogP contribution in [0.1, 0.15) is 49.1 Å². The standard InChI is InChI=1S/C24H28F2N4O3S/c25-16-9-10-17-15(13-16)8-11-21-18(17)14-23(29-21)30-24(31)20(27)6-3-4-12-28-34(32,33)22-7-2-1-5-19(22)26/h1-2,5,7,9-10,13,18,20-21,28H,3-4,6,8,11-12,14,27H2,(H,29,30,31)/t18-,20-,21+/m0/s1. The third-order valence-electron chi connectivity index (χ3n) is 6.38. The minimum Gasteiger partial charge on any atom is -0.320 e. The Bertz CT molecular complexity index is 1200. The van der Waals surface area contributed by atoms with Crippen LogP contribution in [-0.2, 0) is 21.2 Å². The molecule has 1 heterocycles. The molecule has 1 aliphatic carbocycles. The van der Waals surface area contributed by atoms with Gasteiger partial charge in [-0.1, -0.05) is 24.6 Å². The second kappa shape index (κ2) is 10.3. The predicted octanol–water partition coefficient (Wildman–Crippen LogP) is 2.76. The quantitative estimate of drug-likeness (QED) is 0.494. The summed E-state index contributed by atoms with van der Waals surface area (Å²) in [6, 6.07) is 9.35. The summed E-state index contributed by atoms with van der Waals surface area (Å²) < 4.78 is 54.0. The van der Waals surface area contributed by atoms with E-state index >= 15 is 0 Å². The second-order valence-electron chi connectivity index (χ2n) is 8.76. The molecule has 0 saturated heterocycles. The van der Waals surface area contributed by atoms with Gasteiger partial charge in [0.2, 0.25) is 15.9 Å². The number of unbranched alkanes of at least 4 members (excludes halogenated alkanes) is 1. The van der Waals surface area contributed by atoms with Crippen molar-refractivity contribution in [1.29, 1.82) is 0 Å². The summed E-state index contributed by atoms with van der Waals surface area (Å²) in [5.41, 5.74) is 8.11. The molecular formula is C24H28F2N4O3S. The summed E-state index contributed by atoms with van der Waals surface area (Å²) in [7, 11) is -3.93. The normalized spacial score (nSPS) is 20.3. The fraction of sp³-hybridized carbons (Fsp3) is 0.417. The number of carbonyl (C=O) groups is 1. The number of aliphatic imine (C=N–C) groups is 1. The van der Waals surface area contributed by atoms with Crippen LogP contribution in [0.2, 0.25) is 0 Å². The topological polar surface area (TPSA) is 114 Å². The van der Waals surface area contributed by atoms with E-state index in [9.17, 15) is 22.0 Å². The number of sulfonamides is 1. The number of fused-ring (bicyclic) bond motifs is 3. The fourth-order valence-corrected chi connectivity index (χ4v) is 5.76. The zero-order valence-corrected chi connectivity index (χ0v) is 19.5. The van der Waals surface area contributed by atoms with Crippen LogP contribution in [0.3, 0.4) is 0 Å². The Hall–Kier alpha value is -2.69. The maximum absolute atomic E-state index is 13.7. The zero-order valence-electron chi connectivity index (χ0n) is 18.6. The van der Waals surface area contributed by atoms with E-state index in [0.29, 0.717) is 31.5 Å². The largest absolute Gasteiger partial charge is 0.320 e. The SMILES string of the molecule is N[C@@H](CCCCNS(=O)(=O)c1ccccc1F)C(=O)NC1=N[C@@H]2CCc3cc(F)ccc3[C@@H]2C1. The third kappa shape index (κ3) is 5.51. The maximum Gasteiger partial charge on any atom is 0.243 e. The molecule has 0 saturated carbocycles. The van der Waals surface area contributed by atoms with Crippen LogP contribution in [0.5, 0.6) is 0 Å². The lowest BCUT2D eigenvalue weighted by Crippen LogP contribution is -2.43. The van der Waals surface area contributed by atoms with E-state index in [1.54, 1.807) is 6.07 Å². The van der Waals surface area contributed by atoms with Crippen molar-refractivity contribution < 1.29 is 22.0 Å². The van der Waals surface area contributed by atoms with Crippen molar-refractivity contribution in [2.45, 2.75) is 61.4 Å². The molecule has 182 valence electrons. The van der Waals surface area contributed by atoms with E-state index in [2.05, 4.69) is 15.0 Å². The first-order valence-electron chi connectivity index (χ1n) is 11.4. The average Bonchev–Trinajstić information content (AvgIpc) is 3.21. The molecule has 2 aliphatic rings. The molecule has 1 aliphatic heterocycles. The van der Waals surface area contributed by atoms with Crippen molar-refractivity contribution in [2.24, 2.45) is 10.7 Å². The third-order valence-corrected chi connectivity index (χ3v) is 7.87. The number of rotatable bonds is 8. The van der Waals surface area contributed by atoms with E-state index in [-0.39, 0.29) is 30.2 Å². The number of aryl methyl sites for hydroxylation is 1. The molecule has 4 rings (SSSR count). The highest BCUT2D eigenvalue weighted by atomic mass is 32.2. The molecule has 3 atom stereocenters. The molecule has 10 heteroatoms. The number of halogens is 2. The fourth-order valence-electron chi connectivity index (χ4n) is 4.61. The van der Waals surface area contributed by atoms with Gasteiger partial charge in [-0.3, -0.25) is 9.79 Å². The Labute approximate surface area is 197 Å². The number of hydrogen-bond donors (Lipinski definition) is 3. The van der Waals surface area contributed by atoms with Crippen LogP contribution < -0.4 is 15.8 Å². The Morgan fingerprint density at radius 1 is 1.18 bits per heavy atom. The van der Waals surface area contributed by atoms with Crippen LogP contribution in [0.15, 0.2) is 52.4 Å². The highest BCUT2D eigenvalue weighted by molar-refractivity contribution is 7.89. The van der Waals surface area contributed by atoms with Gasteiger partial charge in [-0.2, -0.15) is 0 Å². The first kappa shape index (κ1) is 24.4. The molecular weight excluding hydrogens is 462 g/mol. The van der Waals surface area contributed by atoms with Crippen molar-refractivity contribution >= 4 is 21.8 Å². The first-order valence-corrected chi connectivity index (χ1v) is 12.9. The molecule has 7 nitrogen and oxygen atoms in total. The van der Waals surface area contributed by atoms with E-state index in [1.807, 2.05) is 6.07 Å². The maximum atomic E-state index is 13.7. The lowest BCUT2D eigenvalue weighted by atomic mass is 9.79. The van der Waals surface area contributed by atoms with Gasteiger partial charge in [0.1, 0.15) is 22.4 Å². The van der Waals surface area contributed by atoms with Crippen LogP contribution in [0.25, 0.3) is 0 Å². The Balaban J connectivity index is 1.21. The molecule has 0 unspecified atom stereocenters. The summed E-state index contributed by atoms with van der Waals surface area (Å²) in [5, 5.41) is 2.83. The first-order chi connectivity index (χ1) is 16.2. The molecule has 1 amide bonds. The van der Waals surface area contributed by atoms with Crippen LogP contribution in [0.4, 0.5) is 8.78 Å². The number of carbonyl (C=O) groups excluding carboxylic acids is 1. The number of amidine groups is 1. The Morgan fingerprint density at radius 3 is 2.76 bits per heavy atom. The van der Waals surface area contributed by atoms with E-state index in [0.717, 1.165) is 30.0 Å². The van der Waals surface area contributed by atoms with Crippen molar-refractivity contribution in [3.05, 3.63) is 65.2 Å². The molecule has 2 aromatic carbocycles. The molecule has 2 aromatic rings. The summed E-state index contributed by atoms with van der Waals surface area (Å²) in [6.07, 6.45) is 3.50. The van der Waals surface area contributed by atoms with E-state index in [1.165, 1.54) is 24.3 Å². The van der Waals surface area contributed by atoms with E-state index in [4.69, 9.17) is 5.73 Å². The highest BCUT2D eigenvalue weighted by Crippen LogP contribution is 2.39. The van der Waals surface area contributed by atoms with Gasteiger partial charge < -0.3 is 11.1 Å². The number of amides is 1. The monoisotopic (exact) mass is 490 g/mol. The molecule has 4 N–H and O–H groups in total. The van der Waals surface area contributed by atoms with Gasteiger partial charge in [0, 0.05) is 18.9 Å². The van der Waals surface area contributed by atoms with Gasteiger partial charge in [0.15, 0.2) is 0 Å². The van der Waals surface area contributed by atoms with Crippen LogP contribution >= 0.6 is 0 Å². The highest BCUT2D eigenvalue weighted by Gasteiger charge is 2.36. The number of nitrogens with two attached hydrogens (primary N) is 1. The minimum atomic E-state index is -3.93. The molecule has 34 heavy (non-hydrogen) atoms. The number of nitrogens with zero attached hydrogens (tertiary/aromatic N) is 1. The second-order valence-corrected chi connectivity index (χ2v) is 10.5. The lowest BCUT2D eigenvalue weighted by molar-refractivity contribution is -0.121. The summed E-state index contributed by atoms with van der Waals surface area (Å²) in [5.74, 6) is -0.637. The Morgan fingerprint density at radius 2 is 1.97 bits per heavy atom. The average molecular weight is 491 g/mol. The molecule has 0 bridgehead atoms. The smallest absolute Gasteiger partial charge is 0.243 e. The van der Waals surface area contributed by atoms with Crippen molar-refractivity contribution in [3.63, 3.8) is 0 Å². The predicted molar refractivity (Wildman–Crippen MR) is 125 cm³/mol.